The predicted molar refractivity (Wildman–Crippen MR) is 79.6 cm³/mol. The lowest BCUT2D eigenvalue weighted by Crippen LogP contribution is -2.43. The van der Waals surface area contributed by atoms with Crippen molar-refractivity contribution in [3.05, 3.63) is 35.9 Å². The van der Waals surface area contributed by atoms with Crippen molar-refractivity contribution in [3.63, 3.8) is 0 Å². The van der Waals surface area contributed by atoms with Gasteiger partial charge in [-0.05, 0) is 25.3 Å². The average molecular weight is 293 g/mol. The van der Waals surface area contributed by atoms with Crippen molar-refractivity contribution in [2.24, 2.45) is 0 Å². The minimum atomic E-state index is -0.892. The van der Waals surface area contributed by atoms with E-state index in [0.717, 1.165) is 12.2 Å². The van der Waals surface area contributed by atoms with E-state index in [0.29, 0.717) is 13.0 Å². The lowest BCUT2D eigenvalue weighted by atomic mass is 10.2. The summed E-state index contributed by atoms with van der Waals surface area (Å²) in [7, 11) is 0. The Hall–Kier alpha value is -1.49. The van der Waals surface area contributed by atoms with Crippen LogP contribution >= 0.6 is 11.8 Å². The highest BCUT2D eigenvalue weighted by Gasteiger charge is 2.35. The molecule has 2 rings (SSSR count). The molecule has 1 heterocycles. The highest BCUT2D eigenvalue weighted by molar-refractivity contribution is 7.99. The Bertz CT molecular complexity index is 477. The van der Waals surface area contributed by atoms with Gasteiger partial charge in [-0.2, -0.15) is 0 Å². The van der Waals surface area contributed by atoms with Crippen molar-refractivity contribution in [2.75, 3.05) is 6.54 Å². The Labute approximate surface area is 123 Å². The van der Waals surface area contributed by atoms with Gasteiger partial charge in [-0.15, -0.1) is 11.8 Å². The molecule has 0 bridgehead atoms. The van der Waals surface area contributed by atoms with Crippen LogP contribution in [0, 0.1) is 0 Å². The molecule has 20 heavy (non-hydrogen) atoms. The number of benzene rings is 1. The van der Waals surface area contributed by atoms with Crippen LogP contribution in [0.4, 0.5) is 0 Å². The average Bonchev–Trinajstić information content (AvgIpc) is 2.94. The van der Waals surface area contributed by atoms with E-state index in [-0.39, 0.29) is 11.2 Å². The van der Waals surface area contributed by atoms with E-state index in [2.05, 4.69) is 0 Å². The summed E-state index contributed by atoms with van der Waals surface area (Å²) < 4.78 is 0. The molecule has 1 fully saturated rings. The normalized spacial score (nSPS) is 19.9. The minimum absolute atomic E-state index is 0.0594. The second-order valence-corrected chi connectivity index (χ2v) is 6.30. The summed E-state index contributed by atoms with van der Waals surface area (Å²) in [4.78, 5) is 25.0. The van der Waals surface area contributed by atoms with Crippen molar-refractivity contribution in [1.29, 1.82) is 0 Å². The number of hydrogen-bond acceptors (Lipinski definition) is 3. The number of thioether (sulfide) groups is 1. The smallest absolute Gasteiger partial charge is 0.326 e. The molecule has 1 saturated heterocycles. The number of nitrogens with zero attached hydrogens (tertiary/aromatic N) is 1. The van der Waals surface area contributed by atoms with Crippen molar-refractivity contribution in [1.82, 2.24) is 4.90 Å². The number of carbonyl (C=O) groups excluding carboxylic acids is 1. The standard InChI is InChI=1S/C15H19NO3S/c1-11(20-10-12-6-3-2-4-7-12)14(17)16-9-5-8-13(16)15(18)19/h2-4,6-7,11,13H,5,8-10H2,1H3,(H,18,19). The van der Waals surface area contributed by atoms with Crippen LogP contribution in [0.15, 0.2) is 30.3 Å². The van der Waals surface area contributed by atoms with Crippen molar-refractivity contribution in [2.45, 2.75) is 36.8 Å². The number of rotatable bonds is 5. The van der Waals surface area contributed by atoms with E-state index in [9.17, 15) is 9.59 Å². The maximum absolute atomic E-state index is 12.3. The fourth-order valence-electron chi connectivity index (χ4n) is 2.39. The summed E-state index contributed by atoms with van der Waals surface area (Å²) in [6.07, 6.45) is 1.34. The maximum atomic E-state index is 12.3. The zero-order chi connectivity index (χ0) is 14.5. The molecule has 0 saturated carbocycles. The van der Waals surface area contributed by atoms with Gasteiger partial charge in [-0.25, -0.2) is 4.79 Å². The van der Waals surface area contributed by atoms with Gasteiger partial charge >= 0.3 is 5.97 Å². The highest BCUT2D eigenvalue weighted by atomic mass is 32.2. The summed E-state index contributed by atoms with van der Waals surface area (Å²) in [5.74, 6) is -0.189. The molecule has 1 amide bonds. The molecule has 1 aromatic rings. The van der Waals surface area contributed by atoms with Crippen LogP contribution in [0.1, 0.15) is 25.3 Å². The highest BCUT2D eigenvalue weighted by Crippen LogP contribution is 2.24. The maximum Gasteiger partial charge on any atom is 0.326 e. The Morgan fingerprint density at radius 3 is 2.75 bits per heavy atom. The first kappa shape index (κ1) is 14.9. The van der Waals surface area contributed by atoms with E-state index in [4.69, 9.17) is 5.11 Å². The summed E-state index contributed by atoms with van der Waals surface area (Å²) in [5, 5.41) is 8.91. The summed E-state index contributed by atoms with van der Waals surface area (Å²) >= 11 is 1.55. The molecule has 1 aliphatic rings. The Morgan fingerprint density at radius 1 is 1.40 bits per heavy atom. The Morgan fingerprint density at radius 2 is 2.10 bits per heavy atom. The summed E-state index contributed by atoms with van der Waals surface area (Å²) in [6.45, 7) is 2.42. The zero-order valence-corrected chi connectivity index (χ0v) is 12.3. The summed E-state index contributed by atoms with van der Waals surface area (Å²) in [6, 6.07) is 9.33. The Balaban J connectivity index is 1.90. The van der Waals surface area contributed by atoms with Gasteiger partial charge in [-0.1, -0.05) is 30.3 Å². The van der Waals surface area contributed by atoms with Crippen molar-refractivity contribution in [3.8, 4) is 0 Å². The van der Waals surface area contributed by atoms with Crippen LogP contribution < -0.4 is 0 Å². The number of carbonyl (C=O) groups is 2. The SMILES string of the molecule is CC(SCc1ccccc1)C(=O)N1CCCC1C(=O)O. The van der Waals surface area contributed by atoms with E-state index in [1.165, 1.54) is 10.5 Å². The van der Waals surface area contributed by atoms with Gasteiger partial charge in [0.05, 0.1) is 5.25 Å². The molecule has 1 N–H and O–H groups in total. The second kappa shape index (κ2) is 6.79. The van der Waals surface area contributed by atoms with Crippen LogP contribution in [0.25, 0.3) is 0 Å². The number of carboxylic acid groups (broad SMARTS) is 1. The van der Waals surface area contributed by atoms with Crippen LogP contribution in [0.3, 0.4) is 0 Å². The van der Waals surface area contributed by atoms with Gasteiger partial charge in [-0.3, -0.25) is 4.79 Å². The number of aliphatic carboxylic acids is 1. The number of carboxylic acids is 1. The van der Waals surface area contributed by atoms with E-state index < -0.39 is 12.0 Å². The molecule has 0 aromatic heterocycles. The van der Waals surface area contributed by atoms with E-state index in [1.54, 1.807) is 11.8 Å². The second-order valence-electron chi connectivity index (χ2n) is 4.97. The molecule has 2 atom stereocenters. The lowest BCUT2D eigenvalue weighted by molar-refractivity contribution is -0.147. The lowest BCUT2D eigenvalue weighted by Gasteiger charge is -2.24. The molecule has 1 aromatic carbocycles. The Kier molecular flexibility index (Phi) is 5.06. The van der Waals surface area contributed by atoms with Gasteiger partial charge in [0, 0.05) is 12.3 Å². The predicted octanol–water partition coefficient (Wildman–Crippen LogP) is 2.38. The molecular weight excluding hydrogens is 274 g/mol. The number of likely N-dealkylation sites (tertiary alicyclic amines) is 1. The van der Waals surface area contributed by atoms with Gasteiger partial charge in [0.25, 0.3) is 0 Å². The van der Waals surface area contributed by atoms with Crippen LogP contribution in [0.5, 0.6) is 0 Å². The van der Waals surface area contributed by atoms with Gasteiger partial charge in [0.15, 0.2) is 0 Å². The van der Waals surface area contributed by atoms with Crippen LogP contribution in [-0.4, -0.2) is 39.7 Å². The van der Waals surface area contributed by atoms with Gasteiger partial charge in [0.1, 0.15) is 6.04 Å². The largest absolute Gasteiger partial charge is 0.480 e. The van der Waals surface area contributed by atoms with Crippen molar-refractivity contribution >= 4 is 23.6 Å². The van der Waals surface area contributed by atoms with E-state index >= 15 is 0 Å². The number of hydrogen-bond donors (Lipinski definition) is 1. The molecule has 0 spiro atoms. The van der Waals surface area contributed by atoms with Gasteiger partial charge < -0.3 is 10.0 Å². The van der Waals surface area contributed by atoms with E-state index in [1.807, 2.05) is 37.3 Å². The number of amides is 1. The van der Waals surface area contributed by atoms with Crippen LogP contribution in [-0.2, 0) is 15.3 Å². The first-order valence-corrected chi connectivity index (χ1v) is 7.83. The van der Waals surface area contributed by atoms with Crippen molar-refractivity contribution < 1.29 is 14.7 Å². The quantitative estimate of drug-likeness (QED) is 0.905. The molecule has 4 nitrogen and oxygen atoms in total. The first-order chi connectivity index (χ1) is 9.59. The minimum Gasteiger partial charge on any atom is -0.480 e. The topological polar surface area (TPSA) is 57.6 Å². The summed E-state index contributed by atoms with van der Waals surface area (Å²) in [5.41, 5.74) is 1.17. The third-order valence-electron chi connectivity index (χ3n) is 3.51. The zero-order valence-electron chi connectivity index (χ0n) is 11.5. The fraction of sp³-hybridized carbons (Fsp3) is 0.467. The molecule has 0 aliphatic carbocycles. The molecule has 5 heteroatoms. The first-order valence-electron chi connectivity index (χ1n) is 6.78. The molecule has 108 valence electrons. The monoisotopic (exact) mass is 293 g/mol. The third kappa shape index (κ3) is 3.54. The molecule has 2 unspecified atom stereocenters. The molecule has 1 aliphatic heterocycles. The third-order valence-corrected chi connectivity index (χ3v) is 4.71. The fourth-order valence-corrected chi connectivity index (χ4v) is 3.30. The molecule has 0 radical (unpaired) electrons. The van der Waals surface area contributed by atoms with Gasteiger partial charge in [0.2, 0.25) is 5.91 Å². The van der Waals surface area contributed by atoms with Crippen LogP contribution in [0.2, 0.25) is 0 Å². The molecular formula is C15H19NO3S.